The number of nitrogens with two attached hydrogens (primary N) is 1. The van der Waals surface area contributed by atoms with Gasteiger partial charge in [-0.1, -0.05) is 35.3 Å². The summed E-state index contributed by atoms with van der Waals surface area (Å²) in [5, 5.41) is 1.11. The molecule has 0 unspecified atom stereocenters. The molecule has 6 nitrogen and oxygen atoms in total. The first-order valence-electron chi connectivity index (χ1n) is 7.11. The van der Waals surface area contributed by atoms with E-state index in [9.17, 15) is 0 Å². The van der Waals surface area contributed by atoms with E-state index in [4.69, 9.17) is 28.9 Å². The molecule has 0 bridgehead atoms. The summed E-state index contributed by atoms with van der Waals surface area (Å²) in [5.41, 5.74) is 6.73. The van der Waals surface area contributed by atoms with Crippen molar-refractivity contribution in [3.05, 3.63) is 39.6 Å². The van der Waals surface area contributed by atoms with Gasteiger partial charge in [-0.05, 0) is 25.6 Å². The highest BCUT2D eigenvalue weighted by Gasteiger charge is 2.18. The summed E-state index contributed by atoms with van der Waals surface area (Å²) in [6.07, 6.45) is 0. The van der Waals surface area contributed by atoms with Crippen LogP contribution >= 0.6 is 23.2 Å². The number of nitrogen functional groups attached to an aromatic ring is 1. The van der Waals surface area contributed by atoms with Crippen LogP contribution in [0.25, 0.3) is 0 Å². The maximum absolute atomic E-state index is 6.25. The van der Waals surface area contributed by atoms with Crippen molar-refractivity contribution in [3.63, 3.8) is 0 Å². The molecular formula is C15H20Cl2N6. The van der Waals surface area contributed by atoms with Crippen molar-refractivity contribution in [1.82, 2.24) is 19.9 Å². The fourth-order valence-corrected chi connectivity index (χ4v) is 2.44. The van der Waals surface area contributed by atoms with Crippen molar-refractivity contribution in [2.45, 2.75) is 19.5 Å². The zero-order chi connectivity index (χ0) is 17.1. The second kappa shape index (κ2) is 7.29. The minimum absolute atomic E-state index is 0.0611. The molecule has 1 aromatic carbocycles. The zero-order valence-electron chi connectivity index (χ0n) is 13.6. The van der Waals surface area contributed by atoms with Crippen LogP contribution in [0.3, 0.4) is 0 Å². The van der Waals surface area contributed by atoms with E-state index in [-0.39, 0.29) is 12.0 Å². The number of hydrogen-bond donors (Lipinski definition) is 1. The molecule has 23 heavy (non-hydrogen) atoms. The lowest BCUT2D eigenvalue weighted by Crippen LogP contribution is -2.25. The maximum atomic E-state index is 6.25. The molecule has 0 saturated heterocycles. The monoisotopic (exact) mass is 354 g/mol. The molecule has 0 amide bonds. The van der Waals surface area contributed by atoms with Crippen LogP contribution in [0, 0.1) is 0 Å². The Balaban J connectivity index is 2.22. The molecule has 2 aromatic rings. The van der Waals surface area contributed by atoms with E-state index in [0.29, 0.717) is 28.4 Å². The molecule has 0 aliphatic rings. The lowest BCUT2D eigenvalue weighted by atomic mass is 10.2. The van der Waals surface area contributed by atoms with Crippen LogP contribution in [0.2, 0.25) is 10.0 Å². The number of nitrogens with zero attached hydrogens (tertiary/aromatic N) is 5. The van der Waals surface area contributed by atoms with Crippen LogP contribution in [-0.4, -0.2) is 41.0 Å². The Kier molecular flexibility index (Phi) is 5.62. The Morgan fingerprint density at radius 2 is 1.83 bits per heavy atom. The van der Waals surface area contributed by atoms with Gasteiger partial charge < -0.3 is 10.6 Å². The number of hydrogen-bond acceptors (Lipinski definition) is 6. The van der Waals surface area contributed by atoms with Gasteiger partial charge in [0.1, 0.15) is 0 Å². The lowest BCUT2D eigenvalue weighted by molar-refractivity contribution is 0.243. The highest BCUT2D eigenvalue weighted by Crippen LogP contribution is 2.28. The fraction of sp³-hybridized carbons (Fsp3) is 0.400. The van der Waals surface area contributed by atoms with Crippen molar-refractivity contribution in [2.75, 3.05) is 31.8 Å². The van der Waals surface area contributed by atoms with Gasteiger partial charge in [0.25, 0.3) is 0 Å². The zero-order valence-corrected chi connectivity index (χ0v) is 15.1. The predicted molar refractivity (Wildman–Crippen MR) is 94.9 cm³/mol. The summed E-state index contributed by atoms with van der Waals surface area (Å²) in [4.78, 5) is 16.7. The Labute approximate surface area is 146 Å². The van der Waals surface area contributed by atoms with Gasteiger partial charge in [0.05, 0.1) is 16.1 Å². The molecule has 8 heteroatoms. The van der Waals surface area contributed by atoms with E-state index in [2.05, 4.69) is 19.9 Å². The molecule has 124 valence electrons. The van der Waals surface area contributed by atoms with Gasteiger partial charge >= 0.3 is 0 Å². The van der Waals surface area contributed by atoms with Gasteiger partial charge in [0, 0.05) is 20.6 Å². The molecule has 2 rings (SSSR count). The third kappa shape index (κ3) is 4.22. The molecule has 1 heterocycles. The number of halogens is 2. The van der Waals surface area contributed by atoms with Crippen molar-refractivity contribution >= 4 is 35.1 Å². The van der Waals surface area contributed by atoms with Crippen LogP contribution in [0.1, 0.15) is 24.4 Å². The number of benzene rings is 1. The van der Waals surface area contributed by atoms with Gasteiger partial charge in [-0.2, -0.15) is 15.0 Å². The van der Waals surface area contributed by atoms with Crippen molar-refractivity contribution in [1.29, 1.82) is 0 Å². The molecule has 2 N–H and O–H groups in total. The van der Waals surface area contributed by atoms with Gasteiger partial charge in [-0.25, -0.2) is 0 Å². The van der Waals surface area contributed by atoms with Gasteiger partial charge in [0.2, 0.25) is 11.9 Å². The van der Waals surface area contributed by atoms with Crippen molar-refractivity contribution in [3.8, 4) is 0 Å². The maximum Gasteiger partial charge on any atom is 0.229 e. The second-order valence-corrected chi connectivity index (χ2v) is 6.34. The first kappa shape index (κ1) is 17.7. The summed E-state index contributed by atoms with van der Waals surface area (Å²) in [7, 11) is 5.69. The average molecular weight is 355 g/mol. The Morgan fingerprint density at radius 3 is 2.48 bits per heavy atom. The molecule has 0 aliphatic heterocycles. The standard InChI is InChI=1S/C15H20Cl2N6/c1-9(13-19-14(18)21-15(20-13)22(2)3)23(4)8-10-6-5-7-11(16)12(10)17/h5-7,9H,8H2,1-4H3,(H2,18,19,20,21)/t9-/m1/s1. The average Bonchev–Trinajstić information content (AvgIpc) is 2.50. The largest absolute Gasteiger partial charge is 0.368 e. The summed E-state index contributed by atoms with van der Waals surface area (Å²) in [5.74, 6) is 1.36. The van der Waals surface area contributed by atoms with Crippen LogP contribution < -0.4 is 10.6 Å². The lowest BCUT2D eigenvalue weighted by Gasteiger charge is -2.25. The van der Waals surface area contributed by atoms with E-state index < -0.39 is 0 Å². The summed E-state index contributed by atoms with van der Waals surface area (Å²) < 4.78 is 0. The molecule has 0 aliphatic carbocycles. The van der Waals surface area contributed by atoms with Crippen molar-refractivity contribution < 1.29 is 0 Å². The van der Waals surface area contributed by atoms with Crippen LogP contribution in [0.5, 0.6) is 0 Å². The highest BCUT2D eigenvalue weighted by molar-refractivity contribution is 6.42. The van der Waals surface area contributed by atoms with Gasteiger partial charge in [0.15, 0.2) is 5.82 Å². The van der Waals surface area contributed by atoms with E-state index in [1.807, 2.05) is 40.2 Å². The molecule has 0 radical (unpaired) electrons. The molecule has 0 saturated carbocycles. The first-order valence-corrected chi connectivity index (χ1v) is 7.87. The first-order chi connectivity index (χ1) is 10.8. The van der Waals surface area contributed by atoms with E-state index >= 15 is 0 Å². The minimum atomic E-state index is -0.0611. The van der Waals surface area contributed by atoms with Crippen LogP contribution in [0.4, 0.5) is 11.9 Å². The third-order valence-corrected chi connectivity index (χ3v) is 4.40. The van der Waals surface area contributed by atoms with Gasteiger partial charge in [-0.3, -0.25) is 4.90 Å². The third-order valence-electron chi connectivity index (χ3n) is 3.54. The minimum Gasteiger partial charge on any atom is -0.368 e. The SMILES string of the molecule is C[C@H](c1nc(N)nc(N(C)C)n1)N(C)Cc1cccc(Cl)c1Cl. The van der Waals surface area contributed by atoms with Crippen molar-refractivity contribution in [2.24, 2.45) is 0 Å². The summed E-state index contributed by atoms with van der Waals surface area (Å²) in [6, 6.07) is 5.54. The quantitative estimate of drug-likeness (QED) is 0.889. The number of aromatic nitrogens is 3. The van der Waals surface area contributed by atoms with E-state index in [1.165, 1.54) is 0 Å². The summed E-state index contributed by atoms with van der Waals surface area (Å²) >= 11 is 12.3. The van der Waals surface area contributed by atoms with E-state index in [1.54, 1.807) is 11.0 Å². The molecular weight excluding hydrogens is 335 g/mol. The van der Waals surface area contributed by atoms with Crippen LogP contribution in [0.15, 0.2) is 18.2 Å². The molecule has 1 atom stereocenters. The smallest absolute Gasteiger partial charge is 0.229 e. The summed E-state index contributed by atoms with van der Waals surface area (Å²) in [6.45, 7) is 2.62. The Morgan fingerprint density at radius 1 is 1.13 bits per heavy atom. The van der Waals surface area contributed by atoms with Gasteiger partial charge in [-0.15, -0.1) is 0 Å². The normalized spacial score (nSPS) is 12.5. The second-order valence-electron chi connectivity index (χ2n) is 5.55. The molecule has 1 aromatic heterocycles. The Hall–Kier alpha value is -1.63. The molecule has 0 fully saturated rings. The molecule has 0 spiro atoms. The fourth-order valence-electron chi connectivity index (χ4n) is 2.06. The number of rotatable bonds is 5. The highest BCUT2D eigenvalue weighted by atomic mass is 35.5. The topological polar surface area (TPSA) is 71.2 Å². The van der Waals surface area contributed by atoms with E-state index in [0.717, 1.165) is 5.56 Å². The number of anilines is 2. The van der Waals surface area contributed by atoms with Crippen LogP contribution in [-0.2, 0) is 6.54 Å². The Bertz CT molecular complexity index is 692. The predicted octanol–water partition coefficient (Wildman–Crippen LogP) is 3.02.